The topological polar surface area (TPSA) is 20.2 Å². The summed E-state index contributed by atoms with van der Waals surface area (Å²) in [7, 11) is 0. The van der Waals surface area contributed by atoms with Gasteiger partial charge >= 0.3 is 0 Å². The Hall–Kier alpha value is -0.410. The van der Waals surface area contributed by atoms with E-state index in [9.17, 15) is 9.50 Å². The van der Waals surface area contributed by atoms with Gasteiger partial charge in [0.25, 0.3) is 0 Å². The molecule has 1 N–H and O–H groups in total. The standard InChI is InChI=1S/C15H20BrFO/c1-11-3-2-7-15(18,8-6-11)10-12-4-5-14(17)13(16)9-12/h4-5,9,11,18H,2-3,6-8,10H2,1H3. The highest BCUT2D eigenvalue weighted by atomic mass is 79.9. The molecule has 2 rings (SSSR count). The van der Waals surface area contributed by atoms with Crippen molar-refractivity contribution in [3.63, 3.8) is 0 Å². The molecule has 1 saturated carbocycles. The lowest BCUT2D eigenvalue weighted by molar-refractivity contribution is 0.0243. The average molecular weight is 315 g/mol. The quantitative estimate of drug-likeness (QED) is 0.799. The van der Waals surface area contributed by atoms with E-state index in [2.05, 4.69) is 22.9 Å². The minimum Gasteiger partial charge on any atom is -0.390 e. The monoisotopic (exact) mass is 314 g/mol. The lowest BCUT2D eigenvalue weighted by Gasteiger charge is -2.27. The summed E-state index contributed by atoms with van der Waals surface area (Å²) in [5, 5.41) is 10.7. The molecule has 0 bridgehead atoms. The van der Waals surface area contributed by atoms with Crippen LogP contribution in [0.25, 0.3) is 0 Å². The van der Waals surface area contributed by atoms with E-state index in [-0.39, 0.29) is 5.82 Å². The SMILES string of the molecule is CC1CCCC(O)(Cc2ccc(F)c(Br)c2)CC1. The Kier molecular flexibility index (Phi) is 4.44. The molecule has 3 heteroatoms. The molecule has 2 unspecified atom stereocenters. The zero-order valence-electron chi connectivity index (χ0n) is 10.8. The van der Waals surface area contributed by atoms with Crippen molar-refractivity contribution >= 4 is 15.9 Å². The highest BCUT2D eigenvalue weighted by molar-refractivity contribution is 9.10. The molecule has 100 valence electrons. The van der Waals surface area contributed by atoms with Gasteiger partial charge in [0.1, 0.15) is 5.82 Å². The number of hydrogen-bond acceptors (Lipinski definition) is 1. The van der Waals surface area contributed by atoms with Gasteiger partial charge in [0, 0.05) is 6.42 Å². The van der Waals surface area contributed by atoms with Gasteiger partial charge in [0.05, 0.1) is 10.1 Å². The molecular weight excluding hydrogens is 295 g/mol. The summed E-state index contributed by atoms with van der Waals surface area (Å²) in [5.41, 5.74) is 0.391. The number of hydrogen-bond donors (Lipinski definition) is 1. The Balaban J connectivity index is 2.09. The predicted molar refractivity (Wildman–Crippen MR) is 75.0 cm³/mol. The first-order chi connectivity index (χ1) is 8.48. The molecule has 0 saturated heterocycles. The van der Waals surface area contributed by atoms with Crippen molar-refractivity contribution in [1.82, 2.24) is 0 Å². The van der Waals surface area contributed by atoms with E-state index in [1.54, 1.807) is 12.1 Å². The van der Waals surface area contributed by atoms with Crippen LogP contribution in [0.2, 0.25) is 0 Å². The van der Waals surface area contributed by atoms with Crippen molar-refractivity contribution in [2.75, 3.05) is 0 Å². The molecule has 1 aliphatic carbocycles. The van der Waals surface area contributed by atoms with Crippen LogP contribution in [-0.2, 0) is 6.42 Å². The highest BCUT2D eigenvalue weighted by Gasteiger charge is 2.30. The summed E-state index contributed by atoms with van der Waals surface area (Å²) in [6.07, 6.45) is 5.70. The van der Waals surface area contributed by atoms with Gasteiger partial charge in [0.2, 0.25) is 0 Å². The van der Waals surface area contributed by atoms with Crippen LogP contribution in [0, 0.1) is 11.7 Å². The van der Waals surface area contributed by atoms with Crippen LogP contribution in [0.3, 0.4) is 0 Å². The zero-order chi connectivity index (χ0) is 13.2. The summed E-state index contributed by atoms with van der Waals surface area (Å²) in [6.45, 7) is 2.25. The van der Waals surface area contributed by atoms with E-state index < -0.39 is 5.60 Å². The molecule has 1 fully saturated rings. The Morgan fingerprint density at radius 1 is 1.39 bits per heavy atom. The summed E-state index contributed by atoms with van der Waals surface area (Å²) >= 11 is 3.20. The van der Waals surface area contributed by atoms with Crippen molar-refractivity contribution < 1.29 is 9.50 Å². The fourth-order valence-electron chi connectivity index (χ4n) is 2.77. The molecule has 18 heavy (non-hydrogen) atoms. The highest BCUT2D eigenvalue weighted by Crippen LogP contribution is 2.33. The van der Waals surface area contributed by atoms with Gasteiger partial charge in [-0.25, -0.2) is 4.39 Å². The second-order valence-electron chi connectivity index (χ2n) is 5.69. The molecule has 0 heterocycles. The van der Waals surface area contributed by atoms with Crippen LogP contribution < -0.4 is 0 Å². The second-order valence-corrected chi connectivity index (χ2v) is 6.54. The van der Waals surface area contributed by atoms with Crippen LogP contribution in [0.4, 0.5) is 4.39 Å². The Morgan fingerprint density at radius 3 is 2.89 bits per heavy atom. The maximum absolute atomic E-state index is 13.2. The summed E-state index contributed by atoms with van der Waals surface area (Å²) in [6, 6.07) is 5.01. The number of rotatable bonds is 2. The first kappa shape index (κ1) is 14.0. The van der Waals surface area contributed by atoms with Gasteiger partial charge < -0.3 is 5.11 Å². The number of aliphatic hydroxyl groups is 1. The van der Waals surface area contributed by atoms with E-state index in [0.29, 0.717) is 16.8 Å². The molecule has 0 spiro atoms. The van der Waals surface area contributed by atoms with Crippen LogP contribution in [0.5, 0.6) is 0 Å². The Morgan fingerprint density at radius 2 is 2.17 bits per heavy atom. The second kappa shape index (κ2) is 5.70. The molecule has 2 atom stereocenters. The van der Waals surface area contributed by atoms with Crippen LogP contribution in [-0.4, -0.2) is 10.7 Å². The predicted octanol–water partition coefficient (Wildman–Crippen LogP) is 4.46. The van der Waals surface area contributed by atoms with Crippen molar-refractivity contribution in [2.24, 2.45) is 5.92 Å². The van der Waals surface area contributed by atoms with Crippen molar-refractivity contribution in [1.29, 1.82) is 0 Å². The van der Waals surface area contributed by atoms with E-state index in [1.165, 1.54) is 12.5 Å². The van der Waals surface area contributed by atoms with E-state index in [4.69, 9.17) is 0 Å². The third kappa shape index (κ3) is 3.55. The number of benzene rings is 1. The lowest BCUT2D eigenvalue weighted by Crippen LogP contribution is -2.30. The van der Waals surface area contributed by atoms with Crippen LogP contribution in [0.15, 0.2) is 22.7 Å². The maximum atomic E-state index is 13.2. The summed E-state index contributed by atoms with van der Waals surface area (Å²) < 4.78 is 13.7. The van der Waals surface area contributed by atoms with Gasteiger partial charge in [-0.15, -0.1) is 0 Å². The Bertz CT molecular complexity index is 421. The third-order valence-corrected chi connectivity index (χ3v) is 4.57. The van der Waals surface area contributed by atoms with Crippen LogP contribution in [0.1, 0.15) is 44.6 Å². The van der Waals surface area contributed by atoms with Gasteiger partial charge in [-0.1, -0.05) is 25.8 Å². The first-order valence-electron chi connectivity index (χ1n) is 6.65. The zero-order valence-corrected chi connectivity index (χ0v) is 12.3. The fraction of sp³-hybridized carbons (Fsp3) is 0.600. The Labute approximate surface area is 117 Å². The van der Waals surface area contributed by atoms with Crippen molar-refractivity contribution in [3.05, 3.63) is 34.1 Å². The van der Waals surface area contributed by atoms with Gasteiger partial charge in [-0.2, -0.15) is 0 Å². The smallest absolute Gasteiger partial charge is 0.137 e. The molecule has 0 radical (unpaired) electrons. The summed E-state index contributed by atoms with van der Waals surface area (Å²) in [5.74, 6) is 0.458. The molecule has 0 amide bonds. The summed E-state index contributed by atoms with van der Waals surface area (Å²) in [4.78, 5) is 0. The maximum Gasteiger partial charge on any atom is 0.137 e. The average Bonchev–Trinajstić information content (AvgIpc) is 2.47. The van der Waals surface area contributed by atoms with Crippen molar-refractivity contribution in [2.45, 2.75) is 51.0 Å². The molecule has 0 aromatic heterocycles. The minimum atomic E-state index is -0.609. The molecule has 1 aromatic carbocycles. The lowest BCUT2D eigenvalue weighted by atomic mass is 9.87. The molecule has 1 aromatic rings. The van der Waals surface area contributed by atoms with Gasteiger partial charge in [-0.05, 0) is 58.8 Å². The van der Waals surface area contributed by atoms with E-state index in [0.717, 1.165) is 31.2 Å². The van der Waals surface area contributed by atoms with E-state index >= 15 is 0 Å². The van der Waals surface area contributed by atoms with E-state index in [1.807, 2.05) is 0 Å². The molecular formula is C15H20BrFO. The van der Waals surface area contributed by atoms with Crippen molar-refractivity contribution in [3.8, 4) is 0 Å². The first-order valence-corrected chi connectivity index (χ1v) is 7.44. The molecule has 1 nitrogen and oxygen atoms in total. The minimum absolute atomic E-state index is 0.250. The van der Waals surface area contributed by atoms with Gasteiger partial charge in [0.15, 0.2) is 0 Å². The molecule has 1 aliphatic rings. The number of halogens is 2. The van der Waals surface area contributed by atoms with Gasteiger partial charge in [-0.3, -0.25) is 0 Å². The van der Waals surface area contributed by atoms with Crippen LogP contribution >= 0.6 is 15.9 Å². The normalized spacial score (nSPS) is 29.0. The molecule has 0 aliphatic heterocycles. The third-order valence-electron chi connectivity index (χ3n) is 3.96. The largest absolute Gasteiger partial charge is 0.390 e. The fourth-order valence-corrected chi connectivity index (χ4v) is 3.20.